The van der Waals surface area contributed by atoms with E-state index >= 15 is 0 Å². The molecule has 2 aromatic rings. The lowest BCUT2D eigenvalue weighted by Gasteiger charge is -2.42. The van der Waals surface area contributed by atoms with E-state index in [1.54, 1.807) is 52.0 Å². The lowest BCUT2D eigenvalue weighted by Crippen LogP contribution is -2.63. The van der Waals surface area contributed by atoms with Gasteiger partial charge in [-0.15, -0.1) is 0 Å². The molecule has 6 rings (SSSR count). The van der Waals surface area contributed by atoms with Crippen molar-refractivity contribution in [1.29, 1.82) is 0 Å². The minimum Gasteiger partial charge on any atom is -0.495 e. The summed E-state index contributed by atoms with van der Waals surface area (Å²) in [6.07, 6.45) is 3.04. The molecule has 2 saturated heterocycles. The number of allylic oxidation sites excluding steroid dienone is 3. The lowest BCUT2D eigenvalue weighted by molar-refractivity contribution is -0.142. The minimum absolute atomic E-state index is 0.0651. The molecular weight excluding hydrogens is 1070 g/mol. The average molecular weight is 1150 g/mol. The molecule has 25 heteroatoms. The number of carbonyl (C=O) groups excluding carboxylic acids is 8. The number of alkyl carbamates (subject to hydrolysis) is 1. The van der Waals surface area contributed by atoms with Crippen molar-refractivity contribution < 1.29 is 72.3 Å². The summed E-state index contributed by atoms with van der Waals surface area (Å²) in [4.78, 5) is 108. The van der Waals surface area contributed by atoms with E-state index in [4.69, 9.17) is 41.0 Å². The van der Waals surface area contributed by atoms with E-state index in [0.717, 1.165) is 11.1 Å². The third kappa shape index (κ3) is 16.7. The molecule has 4 heterocycles. The van der Waals surface area contributed by atoms with Gasteiger partial charge in [0.25, 0.3) is 0 Å². The van der Waals surface area contributed by atoms with Gasteiger partial charge in [0.2, 0.25) is 29.5 Å². The van der Waals surface area contributed by atoms with E-state index in [1.807, 2.05) is 13.0 Å². The molecule has 0 aliphatic carbocycles. The fourth-order valence-corrected chi connectivity index (χ4v) is 10.4. The quantitative estimate of drug-likeness (QED) is 0.0643. The summed E-state index contributed by atoms with van der Waals surface area (Å²) in [5.41, 5.74) is 4.49. The van der Waals surface area contributed by atoms with Gasteiger partial charge < -0.3 is 70.7 Å². The van der Waals surface area contributed by atoms with Gasteiger partial charge in [-0.1, -0.05) is 62.6 Å². The second-order valence-electron chi connectivity index (χ2n) is 21.3. The highest BCUT2D eigenvalue weighted by Crippen LogP contribution is 2.49. The predicted molar refractivity (Wildman–Crippen MR) is 299 cm³/mol. The van der Waals surface area contributed by atoms with Crippen LogP contribution in [0.5, 0.6) is 5.75 Å². The summed E-state index contributed by atoms with van der Waals surface area (Å²) in [6.45, 7) is 9.24. The molecule has 1 unspecified atom stereocenters. The van der Waals surface area contributed by atoms with Crippen molar-refractivity contribution in [3.63, 3.8) is 0 Å². The van der Waals surface area contributed by atoms with Gasteiger partial charge in [0.05, 0.1) is 25.3 Å². The minimum atomic E-state index is -1.90. The van der Waals surface area contributed by atoms with Crippen LogP contribution in [0.4, 0.5) is 31.4 Å². The average Bonchev–Trinajstić information content (AvgIpc) is 4.06. The van der Waals surface area contributed by atoms with Gasteiger partial charge in [0.15, 0.2) is 5.72 Å². The summed E-state index contributed by atoms with van der Waals surface area (Å²) in [6, 6.07) is 6.56. The second-order valence-corrected chi connectivity index (χ2v) is 21.7. The molecule has 9 amide bonds. The van der Waals surface area contributed by atoms with Gasteiger partial charge in [-0.05, 0) is 99.9 Å². The highest BCUT2D eigenvalue weighted by Gasteiger charge is 2.64. The number of aliphatic hydroxyl groups excluding tert-OH is 1. The predicted octanol–water partition coefficient (Wildman–Crippen LogP) is 4.66. The molecule has 0 spiro atoms. The summed E-state index contributed by atoms with van der Waals surface area (Å²) >= 11 is 6.82. The molecule has 10 N–H and O–H groups in total. The van der Waals surface area contributed by atoms with Crippen molar-refractivity contribution in [2.24, 2.45) is 17.6 Å². The van der Waals surface area contributed by atoms with Crippen LogP contribution in [-0.2, 0) is 49.3 Å². The number of fused-ring (bicyclic) bond motifs is 5. The van der Waals surface area contributed by atoms with Crippen LogP contribution < -0.4 is 47.3 Å². The Morgan fingerprint density at radius 1 is 0.975 bits per heavy atom. The molecule has 81 heavy (non-hydrogen) atoms. The van der Waals surface area contributed by atoms with Crippen LogP contribution in [0.15, 0.2) is 72.4 Å². The Bertz CT molecular complexity index is 2740. The highest BCUT2D eigenvalue weighted by molar-refractivity contribution is 6.35. The number of methoxy groups -OCH3 is 2. The van der Waals surface area contributed by atoms with Crippen molar-refractivity contribution in [2.75, 3.05) is 49.9 Å². The number of epoxide rings is 1. The summed E-state index contributed by atoms with van der Waals surface area (Å²) < 4.78 is 29.3. The number of carbonyl (C=O) groups is 8. The van der Waals surface area contributed by atoms with Crippen molar-refractivity contribution >= 4 is 76.4 Å². The van der Waals surface area contributed by atoms with Gasteiger partial charge >= 0.3 is 18.2 Å². The normalized spacial score (nSPS) is 26.4. The number of benzene rings is 2. The molecule has 24 nitrogen and oxygen atoms in total. The molecule has 0 radical (unpaired) electrons. The topological polar surface area (TPSA) is 331 Å². The summed E-state index contributed by atoms with van der Waals surface area (Å²) in [7, 11) is 4.40. The molecule has 10 atom stereocenters. The van der Waals surface area contributed by atoms with E-state index in [2.05, 4.69) is 31.9 Å². The van der Waals surface area contributed by atoms with Gasteiger partial charge in [-0.25, -0.2) is 14.4 Å². The number of anilines is 3. The van der Waals surface area contributed by atoms with Gasteiger partial charge in [-0.3, -0.25) is 34.6 Å². The van der Waals surface area contributed by atoms with Crippen LogP contribution >= 0.6 is 11.6 Å². The standard InChI is InChI=1S/C56H76ClN9O15/c1-31(2)48(63-43(67)17-10-9-11-25-66-44(68)22-23-45(66)69)51(72)62-37(15-13-24-59-52(58)73)50(71)60-35-18-20-36(21-19-35)61-53(74)80-42-29-46(70)65(6)38-27-34(28-39(77-7)47(38)57)26-32(3)14-12-16-41(78-8)56(76)30-40(79-54(75)64-56)33(4)49-55(42,5)81-49/h12,14,16,18-23,27-28,31,33,37,40-42,44,48-49,68,76H,9-11,13,15,17,24-26,29-30H2,1-8H3,(H,60,71)(H,61,74)(H,62,72)(H,63,67)(H,64,75)(H3,58,59,73)/b16-12+,32-14+/t33-,37+,40+,41-,42+,44?,48+,49+,55+,56+/m1/s1. The fraction of sp³-hybridized carbons (Fsp3) is 0.536. The molecule has 2 aromatic carbocycles. The second kappa shape index (κ2) is 28.0. The number of primary amides is 1. The SMILES string of the molecule is COc1cc2cc(c1Cl)N(C)C(=O)C[C@H](OC(=O)Nc1ccc(NC(=O)[C@H](CCCNC(N)=O)NC(=O)[C@@H](NC(=O)CCCCCN3C(=O)C=CC3O)C(C)C)cc1)[C@]1(C)O[C@H]1[C@H](C)[C@@H]1C[C@@](O)(NC(=O)O1)[C@H](OC)/C=C/C=C(\C)C2. The van der Waals surface area contributed by atoms with E-state index in [0.29, 0.717) is 43.7 Å². The number of nitrogens with two attached hydrogens (primary N) is 1. The van der Waals surface area contributed by atoms with Crippen LogP contribution in [0.2, 0.25) is 5.02 Å². The Kier molecular flexibility index (Phi) is 21.7. The lowest BCUT2D eigenvalue weighted by atomic mass is 9.83. The molecule has 4 bridgehead atoms. The zero-order chi connectivity index (χ0) is 59.3. The van der Waals surface area contributed by atoms with Gasteiger partial charge in [-0.2, -0.15) is 0 Å². The van der Waals surface area contributed by atoms with E-state index in [-0.39, 0.29) is 66.4 Å². The number of urea groups is 1. The van der Waals surface area contributed by atoms with E-state index in [1.165, 1.54) is 67.5 Å². The molecule has 2 fully saturated rings. The van der Waals surface area contributed by atoms with E-state index in [9.17, 15) is 48.6 Å². The Morgan fingerprint density at radius 2 is 1.68 bits per heavy atom. The molecular formula is C56H76ClN9O15. The first-order valence-corrected chi connectivity index (χ1v) is 27.3. The number of ether oxygens (including phenoxy) is 5. The van der Waals surface area contributed by atoms with Crippen molar-refractivity contribution in [3.8, 4) is 5.75 Å². The number of amides is 9. The number of hydrogen-bond acceptors (Lipinski definition) is 15. The third-order valence-corrected chi connectivity index (χ3v) is 15.2. The molecule has 0 aromatic heterocycles. The van der Waals surface area contributed by atoms with Crippen molar-refractivity contribution in [2.45, 2.75) is 146 Å². The van der Waals surface area contributed by atoms with Crippen molar-refractivity contribution in [3.05, 3.63) is 82.9 Å². The number of aliphatic hydroxyl groups is 2. The van der Waals surface area contributed by atoms with E-state index < -0.39 is 102 Å². The Balaban J connectivity index is 1.14. The summed E-state index contributed by atoms with van der Waals surface area (Å²) in [5.74, 6) is -3.07. The van der Waals surface area contributed by atoms with Crippen molar-refractivity contribution in [1.82, 2.24) is 26.2 Å². The van der Waals surface area contributed by atoms with Gasteiger partial charge in [0.1, 0.15) is 53.0 Å². The largest absolute Gasteiger partial charge is 0.495 e. The van der Waals surface area contributed by atoms with Gasteiger partial charge in [0, 0.05) is 63.5 Å². The first-order valence-electron chi connectivity index (χ1n) is 26.9. The first-order chi connectivity index (χ1) is 38.4. The molecule has 442 valence electrons. The van der Waals surface area contributed by atoms with Crippen LogP contribution in [0, 0.1) is 11.8 Å². The summed E-state index contributed by atoms with van der Waals surface area (Å²) in [5, 5.41) is 37.9. The number of unbranched alkanes of at least 4 members (excludes halogenated alkanes) is 2. The van der Waals surface area contributed by atoms with Crippen LogP contribution in [-0.4, -0.2) is 151 Å². The number of halogens is 1. The van der Waals surface area contributed by atoms with Crippen LogP contribution in [0.3, 0.4) is 0 Å². The highest BCUT2D eigenvalue weighted by atomic mass is 35.5. The zero-order valence-corrected chi connectivity index (χ0v) is 47.6. The fourth-order valence-electron chi connectivity index (χ4n) is 10.1. The number of nitrogens with one attached hydrogen (secondary N) is 6. The first kappa shape index (κ1) is 62.9. The molecule has 4 aliphatic heterocycles. The monoisotopic (exact) mass is 1150 g/mol. The Morgan fingerprint density at radius 3 is 2.32 bits per heavy atom. The number of hydrogen-bond donors (Lipinski definition) is 9. The maximum Gasteiger partial charge on any atom is 0.412 e. The number of rotatable bonds is 20. The molecule has 4 aliphatic rings. The Hall–Kier alpha value is -7.25. The smallest absolute Gasteiger partial charge is 0.412 e. The zero-order valence-electron chi connectivity index (χ0n) is 46.9. The van der Waals surface area contributed by atoms with Crippen LogP contribution in [0.25, 0.3) is 0 Å². The van der Waals surface area contributed by atoms with Crippen LogP contribution in [0.1, 0.15) is 91.5 Å². The maximum absolute atomic E-state index is 14.4. The third-order valence-electron chi connectivity index (χ3n) is 14.8. The maximum atomic E-state index is 14.4. The Labute approximate surface area is 475 Å². The number of nitrogens with zero attached hydrogens (tertiary/aromatic N) is 2. The molecule has 0 saturated carbocycles.